The number of anilines is 1. The summed E-state index contributed by atoms with van der Waals surface area (Å²) in [5, 5.41) is 29.7. The van der Waals surface area contributed by atoms with E-state index in [-0.39, 0.29) is 25.3 Å². The summed E-state index contributed by atoms with van der Waals surface area (Å²) in [6.07, 6.45) is 28.1. The Morgan fingerprint density at radius 1 is 0.779 bits per heavy atom. The number of allylic oxidation sites excluding steroid dienone is 8. The molecule has 388 valence electrons. The Hall–Kier alpha value is -3.32. The van der Waals surface area contributed by atoms with E-state index in [2.05, 4.69) is 53.5 Å². The van der Waals surface area contributed by atoms with Crippen molar-refractivity contribution in [1.29, 1.82) is 0 Å². The molecule has 0 spiro atoms. The molecule has 1 fully saturated rings. The molecule has 1 saturated heterocycles. The zero-order valence-electron chi connectivity index (χ0n) is 40.0. The number of nitrogen functional groups attached to an aromatic ring is 1. The fourth-order valence-corrected chi connectivity index (χ4v) is 8.96. The van der Waals surface area contributed by atoms with Gasteiger partial charge in [0.05, 0.1) is 13.2 Å². The molecule has 0 radical (unpaired) electrons. The van der Waals surface area contributed by atoms with E-state index in [0.717, 1.165) is 87.3 Å². The van der Waals surface area contributed by atoms with Gasteiger partial charge in [0.1, 0.15) is 30.7 Å². The van der Waals surface area contributed by atoms with Gasteiger partial charge in [-0.15, -0.1) is 0 Å². The minimum Gasteiger partial charge on any atom is -0.462 e. The number of esters is 2. The Balaban J connectivity index is 1.84. The lowest BCUT2D eigenvalue weighted by Crippen LogP contribution is -2.36. The van der Waals surface area contributed by atoms with E-state index in [1.54, 1.807) is 0 Å². The molecule has 68 heavy (non-hydrogen) atoms. The molecular weight excluding hydrogens is 924 g/mol. The summed E-state index contributed by atoms with van der Waals surface area (Å²) in [6.45, 7) is 2.37. The van der Waals surface area contributed by atoms with Gasteiger partial charge in [0.25, 0.3) is 0 Å². The maximum atomic E-state index is 12.8. The molecule has 1 aromatic heterocycles. The van der Waals surface area contributed by atoms with Crippen LogP contribution in [0.2, 0.25) is 0 Å². The fourth-order valence-electron chi connectivity index (χ4n) is 6.85. The Bertz CT molecular complexity index is 1840. The molecule has 2 rings (SSSR count). The zero-order chi connectivity index (χ0) is 50.0. The van der Waals surface area contributed by atoms with E-state index in [9.17, 15) is 43.5 Å². The first-order valence-electron chi connectivity index (χ1n) is 24.2. The van der Waals surface area contributed by atoms with Crippen LogP contribution in [0.3, 0.4) is 0 Å². The molecule has 1 aliphatic rings. The molecule has 1 aliphatic heterocycles. The topological polar surface area (TPSA) is 286 Å². The molecule has 3 unspecified atom stereocenters. The van der Waals surface area contributed by atoms with Gasteiger partial charge >= 0.3 is 33.3 Å². The first-order chi connectivity index (χ1) is 32.6. The Morgan fingerprint density at radius 2 is 1.34 bits per heavy atom. The fraction of sp³-hybridized carbons (Fsp3) is 0.702. The van der Waals surface area contributed by atoms with Crippen molar-refractivity contribution in [3.05, 3.63) is 71.4 Å². The second kappa shape index (κ2) is 35.7. The number of hydrogen-bond acceptors (Lipinski definition) is 16. The van der Waals surface area contributed by atoms with Crippen LogP contribution in [0.25, 0.3) is 0 Å². The summed E-state index contributed by atoms with van der Waals surface area (Å²) in [5.74, 6) is -0.619. The van der Waals surface area contributed by atoms with Gasteiger partial charge in [-0.25, -0.2) is 13.9 Å². The molecule has 0 saturated carbocycles. The van der Waals surface area contributed by atoms with Crippen LogP contribution in [0, 0.1) is 5.92 Å². The van der Waals surface area contributed by atoms with E-state index in [4.69, 9.17) is 34.1 Å². The molecule has 0 aliphatic carbocycles. The highest BCUT2D eigenvalue weighted by molar-refractivity contribution is 7.61. The minimum atomic E-state index is -5.44. The largest absolute Gasteiger partial charge is 0.481 e. The standard InChI is InChI=1S/C47H79N3O16P2/c1-3-38(2)29-25-21-17-14-15-18-22-26-30-42(52)61-35-39(64-43(53)31-27-23-19-13-11-9-7-5-4-6-8-10-12-16-20-24-28-34-51)36-62-67(57,58)66-68(59,60)63-37-40-44(54)45(55)46(65-40)50-33-32-41(48)49-47(50)56/h4,6-7,9-10,12-13,19,32-33,38-40,44-46,51,54-55H,3,5,8,11,14-18,20-31,34-37H2,1-2H3,(H,57,58)(H,59,60)(H2,48,49,56)/b6-4-,9-7-,12-10-,19-13-/t38?,39-,40-,44-,45-,46-/m1/s1. The van der Waals surface area contributed by atoms with Crippen molar-refractivity contribution < 1.29 is 71.4 Å². The van der Waals surface area contributed by atoms with Crippen LogP contribution in [0.5, 0.6) is 0 Å². The number of phosphoric ester groups is 2. The molecule has 0 aromatic carbocycles. The lowest BCUT2D eigenvalue weighted by molar-refractivity contribution is -0.161. The summed E-state index contributed by atoms with van der Waals surface area (Å²) >= 11 is 0. The monoisotopic (exact) mass is 1000 g/mol. The van der Waals surface area contributed by atoms with Gasteiger partial charge in [0.15, 0.2) is 12.3 Å². The number of hydrogen-bond donors (Lipinski definition) is 6. The molecule has 8 atom stereocenters. The maximum absolute atomic E-state index is 12.8. The Labute approximate surface area is 402 Å². The van der Waals surface area contributed by atoms with Crippen molar-refractivity contribution in [2.45, 2.75) is 179 Å². The van der Waals surface area contributed by atoms with Crippen LogP contribution in [0.1, 0.15) is 155 Å². The molecule has 21 heteroatoms. The third-order valence-corrected chi connectivity index (χ3v) is 13.6. The van der Waals surface area contributed by atoms with Crippen molar-refractivity contribution in [3.8, 4) is 0 Å². The number of ether oxygens (including phenoxy) is 3. The van der Waals surface area contributed by atoms with Gasteiger partial charge in [-0.3, -0.25) is 23.2 Å². The predicted octanol–water partition coefficient (Wildman–Crippen LogP) is 8.22. The van der Waals surface area contributed by atoms with Crippen LogP contribution in [0.4, 0.5) is 5.82 Å². The quantitative estimate of drug-likeness (QED) is 0.0157. The molecule has 19 nitrogen and oxygen atoms in total. The van der Waals surface area contributed by atoms with Gasteiger partial charge < -0.3 is 45.1 Å². The molecule has 0 bridgehead atoms. The minimum absolute atomic E-state index is 0.0362. The zero-order valence-corrected chi connectivity index (χ0v) is 41.8. The third-order valence-electron chi connectivity index (χ3n) is 11.0. The van der Waals surface area contributed by atoms with E-state index in [1.807, 2.05) is 18.2 Å². The number of unbranched alkanes of at least 4 members (excludes halogenated alkanes) is 11. The highest BCUT2D eigenvalue weighted by atomic mass is 31.3. The number of phosphoric acid groups is 2. The van der Waals surface area contributed by atoms with Gasteiger partial charge in [-0.2, -0.15) is 9.29 Å². The number of carbonyl (C=O) groups excluding carboxylic acids is 2. The first-order valence-corrected chi connectivity index (χ1v) is 27.1. The van der Waals surface area contributed by atoms with Crippen LogP contribution >= 0.6 is 15.6 Å². The lowest BCUT2D eigenvalue weighted by Gasteiger charge is -2.21. The summed E-state index contributed by atoms with van der Waals surface area (Å²) in [4.78, 5) is 61.7. The third kappa shape index (κ3) is 28.4. The average molecular weight is 1000 g/mol. The summed E-state index contributed by atoms with van der Waals surface area (Å²) in [6, 6.07) is 1.24. The SMILES string of the molecule is CCC(C)CCCCCCCCCCC(=O)OC[C@H](COP(=O)(O)OP(=O)(O)OC[C@H]1O[C@@H](n2ccc(N)nc2=O)[C@H](O)[C@@H]1O)OC(=O)CCC/C=C\C/C=C\C/C=C\C/C=C\CCCCCO. The highest BCUT2D eigenvalue weighted by Gasteiger charge is 2.46. The van der Waals surface area contributed by atoms with Crippen molar-refractivity contribution in [3.63, 3.8) is 0 Å². The van der Waals surface area contributed by atoms with Gasteiger partial charge in [0, 0.05) is 25.6 Å². The van der Waals surface area contributed by atoms with Gasteiger partial charge in [-0.1, -0.05) is 127 Å². The van der Waals surface area contributed by atoms with Crippen molar-refractivity contribution in [2.75, 3.05) is 32.2 Å². The van der Waals surface area contributed by atoms with Crippen molar-refractivity contribution in [1.82, 2.24) is 9.55 Å². The Morgan fingerprint density at radius 3 is 1.96 bits per heavy atom. The number of nitrogens with two attached hydrogens (primary N) is 1. The second-order valence-corrected chi connectivity index (χ2v) is 20.0. The number of aromatic nitrogens is 2. The van der Waals surface area contributed by atoms with Crippen molar-refractivity contribution in [2.24, 2.45) is 5.92 Å². The molecule has 2 heterocycles. The summed E-state index contributed by atoms with van der Waals surface area (Å²) < 4.78 is 56.6. The maximum Gasteiger partial charge on any atom is 0.481 e. The number of carbonyl (C=O) groups is 2. The normalized spacial score (nSPS) is 20.3. The number of rotatable bonds is 39. The van der Waals surface area contributed by atoms with E-state index < -0.39 is 83.7 Å². The van der Waals surface area contributed by atoms with Crippen LogP contribution in [-0.4, -0.2) is 97.4 Å². The van der Waals surface area contributed by atoms with E-state index in [1.165, 1.54) is 38.2 Å². The van der Waals surface area contributed by atoms with E-state index in [0.29, 0.717) is 19.3 Å². The average Bonchev–Trinajstić information content (AvgIpc) is 3.57. The van der Waals surface area contributed by atoms with Crippen LogP contribution in [-0.2, 0) is 46.3 Å². The lowest BCUT2D eigenvalue weighted by atomic mass is 9.99. The first kappa shape index (κ1) is 60.8. The highest BCUT2D eigenvalue weighted by Crippen LogP contribution is 2.60. The van der Waals surface area contributed by atoms with Gasteiger partial charge in [-0.05, 0) is 69.8 Å². The van der Waals surface area contributed by atoms with Crippen LogP contribution < -0.4 is 11.4 Å². The van der Waals surface area contributed by atoms with E-state index >= 15 is 0 Å². The van der Waals surface area contributed by atoms with Crippen LogP contribution in [0.15, 0.2) is 65.7 Å². The smallest absolute Gasteiger partial charge is 0.462 e. The van der Waals surface area contributed by atoms with Crippen molar-refractivity contribution >= 4 is 33.4 Å². The second-order valence-electron chi connectivity index (χ2n) is 16.9. The number of aliphatic hydroxyl groups is 3. The number of aliphatic hydroxyl groups excluding tert-OH is 3. The van der Waals surface area contributed by atoms with Gasteiger partial charge in [0.2, 0.25) is 0 Å². The Kier molecular flexibility index (Phi) is 31.9. The summed E-state index contributed by atoms with van der Waals surface area (Å²) in [7, 11) is -10.9. The molecule has 1 aromatic rings. The molecular formula is C47H79N3O16P2. The molecule has 7 N–H and O–H groups in total. The number of nitrogens with zero attached hydrogens (tertiary/aromatic N) is 2. The molecule has 0 amide bonds. The summed E-state index contributed by atoms with van der Waals surface area (Å²) in [5.41, 5.74) is 4.57. The predicted molar refractivity (Wildman–Crippen MR) is 258 cm³/mol.